The van der Waals surface area contributed by atoms with Crippen molar-refractivity contribution < 1.29 is 9.53 Å². The van der Waals surface area contributed by atoms with Crippen LogP contribution < -0.4 is 0 Å². The molecule has 0 saturated carbocycles. The molecule has 134 valence electrons. The predicted molar refractivity (Wildman–Crippen MR) is 97.8 cm³/mol. The molecule has 0 unspecified atom stereocenters. The number of halogens is 1. The fourth-order valence-electron chi connectivity index (χ4n) is 3.61. The Balaban J connectivity index is 1.48. The van der Waals surface area contributed by atoms with Crippen molar-refractivity contribution in [3.05, 3.63) is 21.3 Å². The first-order chi connectivity index (χ1) is 11.7. The maximum Gasteiger partial charge on any atom is 0.409 e. The summed E-state index contributed by atoms with van der Waals surface area (Å²) in [5, 5.41) is 0. The van der Waals surface area contributed by atoms with Crippen molar-refractivity contribution in [2.24, 2.45) is 0 Å². The minimum absolute atomic E-state index is 0.169. The third-order valence-electron chi connectivity index (χ3n) is 4.85. The van der Waals surface area contributed by atoms with Gasteiger partial charge in [0.1, 0.15) is 0 Å². The molecule has 2 saturated heterocycles. The smallest absolute Gasteiger partial charge is 0.409 e. The second-order valence-corrected chi connectivity index (χ2v) is 8.26. The monoisotopic (exact) mass is 371 g/mol. The lowest BCUT2D eigenvalue weighted by molar-refractivity contribution is 0.0414. The van der Waals surface area contributed by atoms with E-state index in [2.05, 4.69) is 15.9 Å². The van der Waals surface area contributed by atoms with Gasteiger partial charge in [-0.3, -0.25) is 9.80 Å². The highest BCUT2D eigenvalue weighted by atomic mass is 35.5. The zero-order valence-corrected chi connectivity index (χ0v) is 15.8. The second-order valence-electron chi connectivity index (χ2n) is 6.46. The average Bonchev–Trinajstić information content (AvgIpc) is 3.00. The van der Waals surface area contributed by atoms with Crippen LogP contribution in [0.4, 0.5) is 4.79 Å². The number of hydrogen-bond donors (Lipinski definition) is 0. The highest BCUT2D eigenvalue weighted by molar-refractivity contribution is 7.16. The van der Waals surface area contributed by atoms with Crippen molar-refractivity contribution in [2.75, 3.05) is 45.9 Å². The third kappa shape index (κ3) is 4.63. The summed E-state index contributed by atoms with van der Waals surface area (Å²) in [5.74, 6) is 0. The first-order valence-corrected chi connectivity index (χ1v) is 9.97. The van der Waals surface area contributed by atoms with Crippen LogP contribution in [0.1, 0.15) is 24.6 Å². The van der Waals surface area contributed by atoms with E-state index in [9.17, 15) is 4.79 Å². The Labute approximate surface area is 153 Å². The van der Waals surface area contributed by atoms with Gasteiger partial charge in [0.15, 0.2) is 0 Å². The molecule has 2 aliphatic heterocycles. The number of rotatable bonds is 4. The Morgan fingerprint density at radius 3 is 2.75 bits per heavy atom. The molecule has 1 amide bonds. The third-order valence-corrected chi connectivity index (χ3v) is 6.06. The Morgan fingerprint density at radius 1 is 1.29 bits per heavy atom. The van der Waals surface area contributed by atoms with Crippen LogP contribution in [0.15, 0.2) is 12.1 Å². The molecule has 2 aliphatic rings. The van der Waals surface area contributed by atoms with Crippen LogP contribution in [0.2, 0.25) is 4.34 Å². The normalized spacial score (nSPS) is 23.4. The largest absolute Gasteiger partial charge is 0.450 e. The fourth-order valence-corrected chi connectivity index (χ4v) is 4.74. The number of carbonyl (C=O) groups is 1. The molecule has 2 fully saturated rings. The van der Waals surface area contributed by atoms with E-state index in [4.69, 9.17) is 16.3 Å². The molecule has 24 heavy (non-hydrogen) atoms. The van der Waals surface area contributed by atoms with E-state index < -0.39 is 0 Å². The lowest BCUT2D eigenvalue weighted by atomic mass is 10.0. The van der Waals surface area contributed by atoms with Gasteiger partial charge in [-0.15, -0.1) is 11.3 Å². The predicted octanol–water partition coefficient (Wildman–Crippen LogP) is 3.14. The molecule has 0 N–H and O–H groups in total. The standard InChI is InChI=1S/C17H26ClN3O2S/c1-2-23-17(22)21-10-8-20(9-11-21)14-4-3-7-19(12-14)13-15-5-6-16(18)24-15/h5-6,14H,2-4,7-13H2,1H3/t14-/m0/s1. The van der Waals surface area contributed by atoms with Gasteiger partial charge in [-0.1, -0.05) is 11.6 Å². The zero-order chi connectivity index (χ0) is 16.9. The number of piperazine rings is 1. The van der Waals surface area contributed by atoms with Crippen LogP contribution in [0.5, 0.6) is 0 Å². The molecule has 0 bridgehead atoms. The summed E-state index contributed by atoms with van der Waals surface area (Å²) >= 11 is 7.72. The summed E-state index contributed by atoms with van der Waals surface area (Å²) in [6.45, 7) is 9.01. The number of amides is 1. The van der Waals surface area contributed by atoms with Crippen molar-refractivity contribution >= 4 is 29.0 Å². The SMILES string of the molecule is CCOC(=O)N1CCN([C@H]2CCCN(Cc3ccc(Cl)s3)C2)CC1. The molecule has 1 aromatic rings. The molecule has 7 heteroatoms. The molecule has 5 nitrogen and oxygen atoms in total. The van der Waals surface area contributed by atoms with Gasteiger partial charge >= 0.3 is 6.09 Å². The number of thiophene rings is 1. The van der Waals surface area contributed by atoms with E-state index in [1.54, 1.807) is 11.3 Å². The fraction of sp³-hybridized carbons (Fsp3) is 0.706. The maximum atomic E-state index is 11.8. The lowest BCUT2D eigenvalue weighted by Crippen LogP contribution is -2.55. The first kappa shape index (κ1) is 18.0. The molecule has 3 heterocycles. The molecular formula is C17H26ClN3O2S. The van der Waals surface area contributed by atoms with Gasteiger partial charge in [-0.25, -0.2) is 4.79 Å². The minimum Gasteiger partial charge on any atom is -0.450 e. The van der Waals surface area contributed by atoms with Crippen LogP contribution >= 0.6 is 22.9 Å². The van der Waals surface area contributed by atoms with Crippen molar-refractivity contribution in [3.63, 3.8) is 0 Å². The van der Waals surface area contributed by atoms with Crippen molar-refractivity contribution in [1.82, 2.24) is 14.7 Å². The van der Waals surface area contributed by atoms with Gasteiger partial charge < -0.3 is 9.64 Å². The molecule has 1 atom stereocenters. The zero-order valence-electron chi connectivity index (χ0n) is 14.2. The summed E-state index contributed by atoms with van der Waals surface area (Å²) in [7, 11) is 0. The van der Waals surface area contributed by atoms with Crippen LogP contribution in [0.3, 0.4) is 0 Å². The van der Waals surface area contributed by atoms with Crippen molar-refractivity contribution in [1.29, 1.82) is 0 Å². The van der Waals surface area contributed by atoms with Crippen LogP contribution in [-0.4, -0.2) is 72.7 Å². The van der Waals surface area contributed by atoms with Crippen LogP contribution in [-0.2, 0) is 11.3 Å². The minimum atomic E-state index is -0.169. The molecule has 3 rings (SSSR count). The maximum absolute atomic E-state index is 11.8. The van der Waals surface area contributed by atoms with Crippen molar-refractivity contribution in [2.45, 2.75) is 32.4 Å². The van der Waals surface area contributed by atoms with Crippen molar-refractivity contribution in [3.8, 4) is 0 Å². The van der Waals surface area contributed by atoms with Gasteiger partial charge in [0.05, 0.1) is 10.9 Å². The van der Waals surface area contributed by atoms with E-state index in [0.29, 0.717) is 12.6 Å². The average molecular weight is 372 g/mol. The van der Waals surface area contributed by atoms with Gasteiger partial charge in [0.25, 0.3) is 0 Å². The number of ether oxygens (including phenoxy) is 1. The highest BCUT2D eigenvalue weighted by Gasteiger charge is 2.29. The molecule has 0 aromatic carbocycles. The number of likely N-dealkylation sites (tertiary alicyclic amines) is 1. The quantitative estimate of drug-likeness (QED) is 0.814. The van der Waals surface area contributed by atoms with E-state index in [1.807, 2.05) is 17.9 Å². The highest BCUT2D eigenvalue weighted by Crippen LogP contribution is 2.25. The number of carbonyl (C=O) groups excluding carboxylic acids is 1. The van der Waals surface area contributed by atoms with E-state index in [1.165, 1.54) is 17.7 Å². The number of nitrogens with zero attached hydrogens (tertiary/aromatic N) is 3. The van der Waals surface area contributed by atoms with Crippen LogP contribution in [0.25, 0.3) is 0 Å². The Hall–Kier alpha value is -0.820. The van der Waals surface area contributed by atoms with E-state index >= 15 is 0 Å². The van der Waals surface area contributed by atoms with Crippen LogP contribution in [0, 0.1) is 0 Å². The topological polar surface area (TPSA) is 36.0 Å². The number of piperidine rings is 1. The number of hydrogen-bond acceptors (Lipinski definition) is 5. The Morgan fingerprint density at radius 2 is 2.08 bits per heavy atom. The molecule has 0 aliphatic carbocycles. The van der Waals surface area contributed by atoms with Gasteiger partial charge in [0, 0.05) is 50.2 Å². The van der Waals surface area contributed by atoms with Gasteiger partial charge in [-0.2, -0.15) is 0 Å². The Bertz CT molecular complexity index is 546. The first-order valence-electron chi connectivity index (χ1n) is 8.78. The van der Waals surface area contributed by atoms with E-state index in [0.717, 1.165) is 50.1 Å². The summed E-state index contributed by atoms with van der Waals surface area (Å²) in [5.41, 5.74) is 0. The van der Waals surface area contributed by atoms with Gasteiger partial charge in [-0.05, 0) is 38.4 Å². The lowest BCUT2D eigenvalue weighted by Gasteiger charge is -2.43. The van der Waals surface area contributed by atoms with Gasteiger partial charge in [0.2, 0.25) is 0 Å². The molecule has 1 aromatic heterocycles. The summed E-state index contributed by atoms with van der Waals surface area (Å²) in [6, 6.07) is 4.71. The van der Waals surface area contributed by atoms with E-state index in [-0.39, 0.29) is 6.09 Å². The molecule has 0 spiro atoms. The summed E-state index contributed by atoms with van der Waals surface area (Å²) < 4.78 is 5.97. The Kier molecular flexibility index (Phi) is 6.38. The second kappa shape index (κ2) is 8.52. The molecule has 0 radical (unpaired) electrons. The summed E-state index contributed by atoms with van der Waals surface area (Å²) in [4.78, 5) is 20.1. The summed E-state index contributed by atoms with van der Waals surface area (Å²) in [6.07, 6.45) is 2.32. The molecular weight excluding hydrogens is 346 g/mol.